The van der Waals surface area contributed by atoms with Gasteiger partial charge in [0.05, 0.1) is 12.7 Å². The molecule has 2 amide bonds. The minimum absolute atomic E-state index is 0.0873. The zero-order chi connectivity index (χ0) is 24.4. The second-order valence-electron chi connectivity index (χ2n) is 9.42. The van der Waals surface area contributed by atoms with Crippen LogP contribution in [0.4, 0.5) is 9.59 Å². The second kappa shape index (κ2) is 12.3. The molecule has 32 heavy (non-hydrogen) atoms. The molecule has 1 aromatic rings. The summed E-state index contributed by atoms with van der Waals surface area (Å²) in [5, 5.41) is 14.5. The van der Waals surface area contributed by atoms with E-state index < -0.39 is 41.5 Å². The van der Waals surface area contributed by atoms with Crippen molar-refractivity contribution in [2.24, 2.45) is 0 Å². The van der Waals surface area contributed by atoms with E-state index in [4.69, 9.17) is 14.2 Å². The number of benzene rings is 1. The van der Waals surface area contributed by atoms with Crippen molar-refractivity contribution in [3.8, 4) is 0 Å². The highest BCUT2D eigenvalue weighted by atomic mass is 16.6. The fourth-order valence-electron chi connectivity index (χ4n) is 2.60. The maximum absolute atomic E-state index is 12.0. The largest absolute Gasteiger partial charge is 0.480 e. The van der Waals surface area contributed by atoms with Gasteiger partial charge in [-0.3, -0.25) is 0 Å². The molecule has 3 N–H and O–H groups in total. The molecule has 0 spiro atoms. The van der Waals surface area contributed by atoms with Crippen molar-refractivity contribution < 1.29 is 33.7 Å². The number of ether oxygens (including phenoxy) is 3. The first-order valence-electron chi connectivity index (χ1n) is 10.6. The van der Waals surface area contributed by atoms with Crippen LogP contribution in [0.1, 0.15) is 59.9 Å². The quantitative estimate of drug-likeness (QED) is 0.492. The van der Waals surface area contributed by atoms with E-state index >= 15 is 0 Å². The van der Waals surface area contributed by atoms with E-state index in [9.17, 15) is 19.5 Å². The third-order valence-corrected chi connectivity index (χ3v) is 3.97. The fraction of sp³-hybridized carbons (Fsp3) is 0.609. The van der Waals surface area contributed by atoms with Gasteiger partial charge in [-0.1, -0.05) is 30.3 Å². The highest BCUT2D eigenvalue weighted by Gasteiger charge is 2.25. The molecule has 0 radical (unpaired) electrons. The molecule has 1 aromatic carbocycles. The Morgan fingerprint density at radius 3 is 2.00 bits per heavy atom. The van der Waals surface area contributed by atoms with E-state index in [0.29, 0.717) is 6.61 Å². The lowest BCUT2D eigenvalue weighted by molar-refractivity contribution is -0.139. The minimum Gasteiger partial charge on any atom is -0.480 e. The Labute approximate surface area is 189 Å². The number of hydrogen-bond acceptors (Lipinski definition) is 6. The Kier molecular flexibility index (Phi) is 10.5. The molecule has 0 aromatic heterocycles. The third-order valence-electron chi connectivity index (χ3n) is 3.97. The van der Waals surface area contributed by atoms with E-state index in [1.54, 1.807) is 41.5 Å². The number of rotatable bonds is 10. The van der Waals surface area contributed by atoms with Crippen LogP contribution in [0.5, 0.6) is 0 Å². The molecule has 0 bridgehead atoms. The molecule has 0 unspecified atom stereocenters. The van der Waals surface area contributed by atoms with E-state index in [0.717, 1.165) is 5.56 Å². The number of alkyl carbamates (subject to hydrolysis) is 2. The first kappa shape index (κ1) is 27.2. The molecule has 0 saturated carbocycles. The molecular formula is C23H36N2O7. The van der Waals surface area contributed by atoms with Gasteiger partial charge in [-0.25, -0.2) is 14.4 Å². The molecule has 180 valence electrons. The minimum atomic E-state index is -1.18. The topological polar surface area (TPSA) is 123 Å². The summed E-state index contributed by atoms with van der Waals surface area (Å²) in [7, 11) is 0. The average molecular weight is 453 g/mol. The van der Waals surface area contributed by atoms with Crippen LogP contribution >= 0.6 is 0 Å². The summed E-state index contributed by atoms with van der Waals surface area (Å²) in [6, 6.07) is 8.32. The first-order chi connectivity index (χ1) is 14.7. The standard InChI is InChI=1S/C23H36N2O7/c1-22(2,3)31-20(28)24-14-17(30-15-16-10-8-7-9-11-16)12-13-18(19(26)27)25-21(29)32-23(4,5)6/h7-11,17-18H,12-15H2,1-6H3,(H,24,28)(H,25,29)(H,26,27)/t17-,18+/m1/s1. The SMILES string of the molecule is CC(C)(C)OC(=O)NC[C@@H](CC[C@H](NC(=O)OC(C)(C)C)C(=O)O)OCc1ccccc1. The van der Waals surface area contributed by atoms with Gasteiger partial charge in [0.1, 0.15) is 17.2 Å². The third kappa shape index (κ3) is 12.8. The number of hydrogen-bond donors (Lipinski definition) is 3. The molecule has 9 nitrogen and oxygen atoms in total. The van der Waals surface area contributed by atoms with Gasteiger partial charge in [-0.05, 0) is 59.9 Å². The molecule has 0 saturated heterocycles. The summed E-state index contributed by atoms with van der Waals surface area (Å²) in [4.78, 5) is 35.6. The number of carbonyl (C=O) groups is 3. The Morgan fingerprint density at radius 1 is 0.906 bits per heavy atom. The van der Waals surface area contributed by atoms with Crippen LogP contribution in [0.15, 0.2) is 30.3 Å². The maximum Gasteiger partial charge on any atom is 0.408 e. The van der Waals surface area contributed by atoms with Gasteiger partial charge in [0.15, 0.2) is 0 Å². The lowest BCUT2D eigenvalue weighted by Crippen LogP contribution is -2.44. The summed E-state index contributed by atoms with van der Waals surface area (Å²) in [5.41, 5.74) is -0.446. The molecular weight excluding hydrogens is 416 g/mol. The van der Waals surface area contributed by atoms with E-state index in [1.165, 1.54) is 0 Å². The number of carboxylic acid groups (broad SMARTS) is 1. The molecule has 9 heteroatoms. The van der Waals surface area contributed by atoms with E-state index in [1.807, 2.05) is 30.3 Å². The van der Waals surface area contributed by atoms with E-state index in [2.05, 4.69) is 10.6 Å². The lowest BCUT2D eigenvalue weighted by Gasteiger charge is -2.24. The Balaban J connectivity index is 2.72. The number of aliphatic carboxylic acids is 1. The summed E-state index contributed by atoms with van der Waals surface area (Å²) < 4.78 is 16.3. The number of nitrogens with one attached hydrogen (secondary N) is 2. The molecule has 0 aliphatic rings. The monoisotopic (exact) mass is 452 g/mol. The highest BCUT2D eigenvalue weighted by molar-refractivity contribution is 5.79. The summed E-state index contributed by atoms with van der Waals surface area (Å²) in [6.07, 6.45) is -1.53. The van der Waals surface area contributed by atoms with Crippen LogP contribution in [-0.4, -0.2) is 53.2 Å². The van der Waals surface area contributed by atoms with Crippen LogP contribution in [0.2, 0.25) is 0 Å². The second-order valence-corrected chi connectivity index (χ2v) is 9.42. The van der Waals surface area contributed by atoms with Gasteiger partial charge in [-0.2, -0.15) is 0 Å². The Hall–Kier alpha value is -2.81. The van der Waals surface area contributed by atoms with Crippen LogP contribution in [0.25, 0.3) is 0 Å². The van der Waals surface area contributed by atoms with Crippen molar-refractivity contribution in [2.45, 2.75) is 84.3 Å². The molecule has 2 atom stereocenters. The van der Waals surface area contributed by atoms with Gasteiger partial charge in [0.2, 0.25) is 0 Å². The zero-order valence-corrected chi connectivity index (χ0v) is 19.8. The normalized spacial score (nSPS) is 13.6. The maximum atomic E-state index is 12.0. The number of carbonyl (C=O) groups excluding carboxylic acids is 2. The predicted octanol–water partition coefficient (Wildman–Crippen LogP) is 3.85. The Bertz CT molecular complexity index is 739. The predicted molar refractivity (Wildman–Crippen MR) is 119 cm³/mol. The van der Waals surface area contributed by atoms with Crippen LogP contribution in [0.3, 0.4) is 0 Å². The van der Waals surface area contributed by atoms with Crippen LogP contribution in [-0.2, 0) is 25.6 Å². The van der Waals surface area contributed by atoms with Crippen molar-refractivity contribution in [3.63, 3.8) is 0 Å². The van der Waals surface area contributed by atoms with Crippen molar-refractivity contribution in [2.75, 3.05) is 6.54 Å². The van der Waals surface area contributed by atoms with Gasteiger partial charge in [0, 0.05) is 6.54 Å². The fourth-order valence-corrected chi connectivity index (χ4v) is 2.60. The van der Waals surface area contributed by atoms with Crippen molar-refractivity contribution in [1.82, 2.24) is 10.6 Å². The smallest absolute Gasteiger partial charge is 0.408 e. The van der Waals surface area contributed by atoms with Crippen molar-refractivity contribution in [3.05, 3.63) is 35.9 Å². The Morgan fingerprint density at radius 2 is 1.47 bits per heavy atom. The van der Waals surface area contributed by atoms with Gasteiger partial charge < -0.3 is 30.0 Å². The number of amides is 2. The molecule has 1 rings (SSSR count). The molecule has 0 aliphatic carbocycles. The van der Waals surface area contributed by atoms with Gasteiger partial charge in [0.25, 0.3) is 0 Å². The average Bonchev–Trinajstić information content (AvgIpc) is 2.64. The van der Waals surface area contributed by atoms with E-state index in [-0.39, 0.29) is 19.4 Å². The summed E-state index contributed by atoms with van der Waals surface area (Å²) in [5.74, 6) is -1.18. The lowest BCUT2D eigenvalue weighted by atomic mass is 10.1. The van der Waals surface area contributed by atoms with Crippen molar-refractivity contribution >= 4 is 18.2 Å². The van der Waals surface area contributed by atoms with Crippen molar-refractivity contribution in [1.29, 1.82) is 0 Å². The summed E-state index contributed by atoms with van der Waals surface area (Å²) >= 11 is 0. The van der Waals surface area contributed by atoms with Crippen LogP contribution in [0, 0.1) is 0 Å². The van der Waals surface area contributed by atoms with Gasteiger partial charge >= 0.3 is 18.2 Å². The molecule has 0 heterocycles. The zero-order valence-electron chi connectivity index (χ0n) is 19.8. The molecule has 0 fully saturated rings. The molecule has 0 aliphatic heterocycles. The highest BCUT2D eigenvalue weighted by Crippen LogP contribution is 2.12. The number of carboxylic acids is 1. The van der Waals surface area contributed by atoms with Crippen LogP contribution < -0.4 is 10.6 Å². The first-order valence-corrected chi connectivity index (χ1v) is 10.6. The summed E-state index contributed by atoms with van der Waals surface area (Å²) in [6.45, 7) is 10.8. The van der Waals surface area contributed by atoms with Gasteiger partial charge in [-0.15, -0.1) is 0 Å².